The molecule has 1 atom stereocenters. The van der Waals surface area contributed by atoms with Crippen LogP contribution in [0.15, 0.2) is 28.1 Å². The number of hydrogen-bond acceptors (Lipinski definition) is 7. The Bertz CT molecular complexity index is 1390. The summed E-state index contributed by atoms with van der Waals surface area (Å²) < 4.78 is 20.9. The standard InChI is InChI=1S/C22H19FN4O4/c1-3-22(30)15-5-18-19-13(8-27(18)20(28)14(15)9-31-21(22)29)12(7-25-24)11-4-10(2)16(23)6-17(11)26-19/h4-7,30H,3,8-9,24H2,1-2H3/b25-7+/t22-/m0/s1. The molecule has 3 aromatic rings. The second-order valence-corrected chi connectivity index (χ2v) is 7.85. The molecule has 2 aromatic heterocycles. The van der Waals surface area contributed by atoms with Crippen LogP contribution in [0.25, 0.3) is 22.3 Å². The van der Waals surface area contributed by atoms with Gasteiger partial charge in [-0.25, -0.2) is 14.2 Å². The number of rotatable bonds is 2. The molecule has 0 radical (unpaired) electrons. The van der Waals surface area contributed by atoms with E-state index in [-0.39, 0.29) is 36.3 Å². The third-order valence-electron chi connectivity index (χ3n) is 6.22. The summed E-state index contributed by atoms with van der Waals surface area (Å²) in [6.45, 7) is 3.29. The zero-order valence-corrected chi connectivity index (χ0v) is 16.9. The van der Waals surface area contributed by atoms with E-state index in [2.05, 4.69) is 10.1 Å². The van der Waals surface area contributed by atoms with E-state index in [4.69, 9.17) is 10.6 Å². The number of hydrogen-bond donors (Lipinski definition) is 2. The topological polar surface area (TPSA) is 120 Å². The van der Waals surface area contributed by atoms with Crippen LogP contribution < -0.4 is 11.4 Å². The highest BCUT2D eigenvalue weighted by Crippen LogP contribution is 2.40. The van der Waals surface area contributed by atoms with Crippen LogP contribution in [0.3, 0.4) is 0 Å². The average molecular weight is 422 g/mol. The number of benzene rings is 1. The Morgan fingerprint density at radius 2 is 2.13 bits per heavy atom. The molecule has 158 valence electrons. The summed E-state index contributed by atoms with van der Waals surface area (Å²) in [6.07, 6.45) is 1.52. The van der Waals surface area contributed by atoms with E-state index < -0.39 is 17.4 Å². The summed E-state index contributed by atoms with van der Waals surface area (Å²) in [7, 11) is 0. The molecule has 1 aromatic carbocycles. The monoisotopic (exact) mass is 422 g/mol. The number of cyclic esters (lactones) is 1. The maximum atomic E-state index is 14.3. The number of fused-ring (bicyclic) bond motifs is 5. The van der Waals surface area contributed by atoms with Gasteiger partial charge in [0.1, 0.15) is 12.4 Å². The van der Waals surface area contributed by atoms with Crippen molar-refractivity contribution in [3.05, 3.63) is 62.2 Å². The number of carbonyl (C=O) groups excluding carboxylic acids is 1. The summed E-state index contributed by atoms with van der Waals surface area (Å²) >= 11 is 0. The second kappa shape index (κ2) is 6.45. The molecule has 3 N–H and O–H groups in total. The Morgan fingerprint density at radius 1 is 1.35 bits per heavy atom. The molecule has 0 saturated carbocycles. The fraction of sp³-hybridized carbons (Fsp3) is 0.273. The van der Waals surface area contributed by atoms with E-state index in [9.17, 15) is 19.1 Å². The van der Waals surface area contributed by atoms with Gasteiger partial charge in [-0.2, -0.15) is 5.10 Å². The Hall–Kier alpha value is -3.59. The molecule has 31 heavy (non-hydrogen) atoms. The van der Waals surface area contributed by atoms with Crippen molar-refractivity contribution in [3.63, 3.8) is 0 Å². The molecule has 0 unspecified atom stereocenters. The van der Waals surface area contributed by atoms with Crippen molar-refractivity contribution in [2.24, 2.45) is 10.9 Å². The lowest BCUT2D eigenvalue weighted by Crippen LogP contribution is -2.44. The van der Waals surface area contributed by atoms with Crippen molar-refractivity contribution in [1.29, 1.82) is 0 Å². The molecule has 0 bridgehead atoms. The molecule has 8 nitrogen and oxygen atoms in total. The molecule has 0 amide bonds. The van der Waals surface area contributed by atoms with Crippen molar-refractivity contribution in [1.82, 2.24) is 9.55 Å². The van der Waals surface area contributed by atoms with Crippen molar-refractivity contribution in [3.8, 4) is 11.4 Å². The van der Waals surface area contributed by atoms with Gasteiger partial charge in [0.15, 0.2) is 5.60 Å². The Labute approximate surface area is 175 Å². The highest BCUT2D eigenvalue weighted by molar-refractivity contribution is 6.02. The number of hydrazone groups is 1. The van der Waals surface area contributed by atoms with Crippen molar-refractivity contribution in [2.45, 2.75) is 39.0 Å². The number of nitrogens with zero attached hydrogens (tertiary/aromatic N) is 3. The number of aliphatic hydroxyl groups is 1. The van der Waals surface area contributed by atoms with E-state index in [0.717, 1.165) is 0 Å². The number of aromatic nitrogens is 2. The van der Waals surface area contributed by atoms with Gasteiger partial charge in [-0.3, -0.25) is 4.79 Å². The Morgan fingerprint density at radius 3 is 2.84 bits per heavy atom. The molecular formula is C22H19FN4O4. The van der Waals surface area contributed by atoms with Crippen LogP contribution in [0.2, 0.25) is 0 Å². The average Bonchev–Trinajstić information content (AvgIpc) is 3.11. The van der Waals surface area contributed by atoms with Gasteiger partial charge in [0.05, 0.1) is 35.2 Å². The minimum atomic E-state index is -1.91. The quantitative estimate of drug-likeness (QED) is 0.220. The molecule has 9 heteroatoms. The van der Waals surface area contributed by atoms with Gasteiger partial charge in [0.25, 0.3) is 5.56 Å². The lowest BCUT2D eigenvalue weighted by Gasteiger charge is -2.31. The summed E-state index contributed by atoms with van der Waals surface area (Å²) in [5, 5.41) is 15.3. The van der Waals surface area contributed by atoms with Gasteiger partial charge in [0.2, 0.25) is 0 Å². The number of aryl methyl sites for hydroxylation is 1. The first-order valence-corrected chi connectivity index (χ1v) is 9.83. The van der Waals surface area contributed by atoms with Crippen molar-refractivity contribution >= 4 is 23.1 Å². The van der Waals surface area contributed by atoms with Gasteiger partial charge in [-0.1, -0.05) is 6.92 Å². The van der Waals surface area contributed by atoms with Crippen LogP contribution in [0.4, 0.5) is 4.39 Å². The van der Waals surface area contributed by atoms with E-state index in [1.807, 2.05) is 0 Å². The fourth-order valence-electron chi connectivity index (χ4n) is 4.46. The summed E-state index contributed by atoms with van der Waals surface area (Å²) in [4.78, 5) is 30.2. The van der Waals surface area contributed by atoms with Crippen LogP contribution in [0.1, 0.15) is 41.2 Å². The molecular weight excluding hydrogens is 403 g/mol. The molecule has 0 spiro atoms. The zero-order chi connectivity index (χ0) is 22.1. The lowest BCUT2D eigenvalue weighted by molar-refractivity contribution is -0.172. The van der Waals surface area contributed by atoms with Crippen molar-refractivity contribution < 1.29 is 19.0 Å². The predicted molar refractivity (Wildman–Crippen MR) is 111 cm³/mol. The Kier molecular flexibility index (Phi) is 4.03. The van der Waals surface area contributed by atoms with Gasteiger partial charge in [-0.05, 0) is 31.0 Å². The van der Waals surface area contributed by atoms with E-state index >= 15 is 0 Å². The highest BCUT2D eigenvalue weighted by Gasteiger charge is 2.45. The van der Waals surface area contributed by atoms with Crippen LogP contribution in [-0.4, -0.2) is 26.8 Å². The molecule has 4 heterocycles. The van der Waals surface area contributed by atoms with E-state index in [1.165, 1.54) is 16.8 Å². The molecule has 0 fully saturated rings. The molecule has 0 saturated heterocycles. The number of halogens is 1. The van der Waals surface area contributed by atoms with Crippen LogP contribution >= 0.6 is 0 Å². The van der Waals surface area contributed by atoms with Gasteiger partial charge in [0, 0.05) is 28.1 Å². The smallest absolute Gasteiger partial charge is 0.343 e. The van der Waals surface area contributed by atoms with Gasteiger partial charge in [-0.15, -0.1) is 0 Å². The SMILES string of the molecule is CC[C@@]1(O)C(=O)OCc2c1cc1n(c2=O)Cc2c-1nc1cc(F)c(C)cc1c2/C=N/N. The number of pyridine rings is 2. The van der Waals surface area contributed by atoms with Crippen LogP contribution in [0.5, 0.6) is 0 Å². The predicted octanol–water partition coefficient (Wildman–Crippen LogP) is 1.82. The maximum Gasteiger partial charge on any atom is 0.343 e. The van der Waals surface area contributed by atoms with E-state index in [0.29, 0.717) is 39.0 Å². The second-order valence-electron chi connectivity index (χ2n) is 7.85. The lowest BCUT2D eigenvalue weighted by atomic mass is 9.86. The third-order valence-corrected chi connectivity index (χ3v) is 6.22. The zero-order valence-electron chi connectivity index (χ0n) is 16.9. The molecule has 2 aliphatic rings. The first-order valence-electron chi connectivity index (χ1n) is 9.83. The summed E-state index contributed by atoms with van der Waals surface area (Å²) in [6, 6.07) is 4.62. The number of nitrogens with two attached hydrogens (primary N) is 1. The van der Waals surface area contributed by atoms with Gasteiger partial charge < -0.3 is 20.3 Å². The third kappa shape index (κ3) is 2.50. The number of esters is 1. The molecule has 2 aliphatic heterocycles. The minimum Gasteiger partial charge on any atom is -0.458 e. The Balaban J connectivity index is 1.86. The number of ether oxygens (including phenoxy) is 1. The molecule has 0 aliphatic carbocycles. The van der Waals surface area contributed by atoms with Gasteiger partial charge >= 0.3 is 5.97 Å². The van der Waals surface area contributed by atoms with E-state index in [1.54, 1.807) is 26.0 Å². The van der Waals surface area contributed by atoms with Crippen molar-refractivity contribution in [2.75, 3.05) is 0 Å². The fourth-order valence-corrected chi connectivity index (χ4v) is 4.46. The maximum absolute atomic E-state index is 14.3. The summed E-state index contributed by atoms with van der Waals surface area (Å²) in [5.41, 5.74) is 1.27. The summed E-state index contributed by atoms with van der Waals surface area (Å²) in [5.74, 6) is 4.25. The first-order chi connectivity index (χ1) is 14.8. The molecule has 5 rings (SSSR count). The highest BCUT2D eigenvalue weighted by atomic mass is 19.1. The largest absolute Gasteiger partial charge is 0.458 e. The van der Waals surface area contributed by atoms with Crippen LogP contribution in [0, 0.1) is 12.7 Å². The number of carbonyl (C=O) groups is 1. The van der Waals surface area contributed by atoms with Crippen LogP contribution in [-0.2, 0) is 28.3 Å². The normalized spacial score (nSPS) is 19.4. The minimum absolute atomic E-state index is 0.0509. The first kappa shape index (κ1) is 19.4.